The number of piperidine rings is 1. The van der Waals surface area contributed by atoms with Crippen molar-refractivity contribution in [3.8, 4) is 17.7 Å². The van der Waals surface area contributed by atoms with Crippen molar-refractivity contribution in [1.82, 2.24) is 4.98 Å². The SMILES string of the molecule is COc1cc(N2CC[C@@H](Oc3ccc(N4N=C(C(F)(F)F)[C@@H](C)[C@@H]4CC#N)cc3Br)[C@@H](C)C2)c(Cl)cn1. The van der Waals surface area contributed by atoms with Crippen LogP contribution >= 0.6 is 27.5 Å². The van der Waals surface area contributed by atoms with E-state index in [9.17, 15) is 18.4 Å². The number of hydrazone groups is 1. The Balaban J connectivity index is 1.48. The standard InChI is InChI=1S/C25H26BrClF3N5O2/c1-14-13-34(20-11-23(36-3)32-12-18(20)27)9-7-21(14)37-22-5-4-16(10-17(22)26)35-19(6-8-31)15(2)24(33-35)25(28,29)30/h4-5,10-12,14-15,19,21H,6-7,9,13H2,1-3H3/t14-,15-,19-,21+/m0/s1. The molecule has 2 aromatic rings. The van der Waals surface area contributed by atoms with Gasteiger partial charge in [0.25, 0.3) is 0 Å². The number of nitriles is 1. The van der Waals surface area contributed by atoms with Crippen molar-refractivity contribution < 1.29 is 22.6 Å². The summed E-state index contributed by atoms with van der Waals surface area (Å²) < 4.78 is 52.5. The van der Waals surface area contributed by atoms with Crippen molar-refractivity contribution in [2.75, 3.05) is 30.1 Å². The van der Waals surface area contributed by atoms with E-state index in [0.29, 0.717) is 39.9 Å². The Morgan fingerprint density at radius 2 is 2.03 bits per heavy atom. The predicted molar refractivity (Wildman–Crippen MR) is 140 cm³/mol. The fourth-order valence-electron chi connectivity index (χ4n) is 4.77. The fourth-order valence-corrected chi connectivity index (χ4v) is 5.45. The molecule has 12 heteroatoms. The van der Waals surface area contributed by atoms with Gasteiger partial charge in [-0.1, -0.05) is 25.4 Å². The number of aromatic nitrogens is 1. The van der Waals surface area contributed by atoms with Crippen LogP contribution in [0.1, 0.15) is 26.7 Å². The lowest BCUT2D eigenvalue weighted by molar-refractivity contribution is -0.0620. The maximum Gasteiger partial charge on any atom is 0.431 e. The normalized spacial score (nSPS) is 24.0. The number of benzene rings is 1. The number of hydrogen-bond acceptors (Lipinski definition) is 7. The number of anilines is 2. The van der Waals surface area contributed by atoms with Gasteiger partial charge in [-0.3, -0.25) is 5.01 Å². The first kappa shape index (κ1) is 27.3. The van der Waals surface area contributed by atoms with Crippen LogP contribution in [0.2, 0.25) is 5.02 Å². The first-order valence-electron chi connectivity index (χ1n) is 11.8. The van der Waals surface area contributed by atoms with Gasteiger partial charge in [-0.15, -0.1) is 0 Å². The van der Waals surface area contributed by atoms with Gasteiger partial charge < -0.3 is 14.4 Å². The highest BCUT2D eigenvalue weighted by Crippen LogP contribution is 2.40. The molecule has 4 rings (SSSR count). The molecule has 0 spiro atoms. The molecular formula is C25H26BrClF3N5O2. The molecule has 0 aliphatic carbocycles. The zero-order valence-corrected chi connectivity index (χ0v) is 22.8. The summed E-state index contributed by atoms with van der Waals surface area (Å²) in [6.45, 7) is 4.97. The highest BCUT2D eigenvalue weighted by Gasteiger charge is 2.48. The molecule has 1 saturated heterocycles. The first-order valence-corrected chi connectivity index (χ1v) is 12.9. The number of halogens is 5. The van der Waals surface area contributed by atoms with Gasteiger partial charge in [0.15, 0.2) is 0 Å². The van der Waals surface area contributed by atoms with Gasteiger partial charge in [0.2, 0.25) is 5.88 Å². The van der Waals surface area contributed by atoms with E-state index in [4.69, 9.17) is 21.1 Å². The van der Waals surface area contributed by atoms with Crippen LogP contribution in [0.5, 0.6) is 11.6 Å². The average Bonchev–Trinajstić information content (AvgIpc) is 3.18. The lowest BCUT2D eigenvalue weighted by Gasteiger charge is -2.38. The molecule has 2 aliphatic rings. The third-order valence-corrected chi connectivity index (χ3v) is 7.68. The number of alkyl halides is 3. The first-order chi connectivity index (χ1) is 17.5. The molecule has 0 unspecified atom stereocenters. The molecule has 7 nitrogen and oxygen atoms in total. The minimum atomic E-state index is -4.56. The molecule has 37 heavy (non-hydrogen) atoms. The van der Waals surface area contributed by atoms with E-state index in [-0.39, 0.29) is 18.4 Å². The quantitative estimate of drug-likeness (QED) is 0.379. The van der Waals surface area contributed by atoms with E-state index in [1.165, 1.54) is 11.9 Å². The van der Waals surface area contributed by atoms with Crippen LogP contribution in [0.25, 0.3) is 0 Å². The predicted octanol–water partition coefficient (Wildman–Crippen LogP) is 6.46. The summed E-state index contributed by atoms with van der Waals surface area (Å²) in [5, 5.41) is 14.9. The van der Waals surface area contributed by atoms with E-state index in [1.807, 2.05) is 12.1 Å². The van der Waals surface area contributed by atoms with Gasteiger partial charge in [-0.25, -0.2) is 4.98 Å². The molecule has 0 amide bonds. The van der Waals surface area contributed by atoms with Crippen molar-refractivity contribution in [3.63, 3.8) is 0 Å². The van der Waals surface area contributed by atoms with Crippen molar-refractivity contribution >= 4 is 44.6 Å². The van der Waals surface area contributed by atoms with Gasteiger partial charge in [0, 0.05) is 37.4 Å². The molecule has 3 heterocycles. The molecule has 4 atom stereocenters. The smallest absolute Gasteiger partial charge is 0.431 e. The van der Waals surface area contributed by atoms with E-state index in [0.717, 1.165) is 12.1 Å². The second-order valence-electron chi connectivity index (χ2n) is 9.21. The van der Waals surface area contributed by atoms with E-state index in [2.05, 4.69) is 37.8 Å². The second kappa shape index (κ2) is 11.0. The summed E-state index contributed by atoms with van der Waals surface area (Å²) in [4.78, 5) is 6.30. The van der Waals surface area contributed by atoms with Crippen molar-refractivity contribution in [1.29, 1.82) is 5.26 Å². The third kappa shape index (κ3) is 5.75. The average molecular weight is 601 g/mol. The van der Waals surface area contributed by atoms with Crippen LogP contribution in [0.4, 0.5) is 24.5 Å². The van der Waals surface area contributed by atoms with Crippen molar-refractivity contribution in [2.45, 2.75) is 45.0 Å². The van der Waals surface area contributed by atoms with Crippen LogP contribution in [-0.2, 0) is 0 Å². The minimum Gasteiger partial charge on any atom is -0.489 e. The molecule has 0 saturated carbocycles. The molecule has 198 valence electrons. The molecule has 2 aliphatic heterocycles. The fraction of sp³-hybridized carbons (Fsp3) is 0.480. The molecule has 1 aromatic carbocycles. The number of ether oxygens (including phenoxy) is 2. The molecule has 0 radical (unpaired) electrons. The Hall–Kier alpha value is -2.71. The van der Waals surface area contributed by atoms with Crippen LogP contribution in [0, 0.1) is 23.2 Å². The summed E-state index contributed by atoms with van der Waals surface area (Å²) >= 11 is 9.88. The maximum absolute atomic E-state index is 13.5. The molecule has 1 fully saturated rings. The highest BCUT2D eigenvalue weighted by atomic mass is 79.9. The number of nitrogens with zero attached hydrogens (tertiary/aromatic N) is 5. The summed E-state index contributed by atoms with van der Waals surface area (Å²) in [6.07, 6.45) is -2.40. The van der Waals surface area contributed by atoms with Gasteiger partial charge in [-0.2, -0.15) is 23.5 Å². The van der Waals surface area contributed by atoms with Crippen molar-refractivity contribution in [3.05, 3.63) is 40.0 Å². The van der Waals surface area contributed by atoms with Gasteiger partial charge in [0.05, 0.1) is 52.7 Å². The Morgan fingerprint density at radius 3 is 2.65 bits per heavy atom. The summed E-state index contributed by atoms with van der Waals surface area (Å²) in [5.41, 5.74) is 0.432. The highest BCUT2D eigenvalue weighted by molar-refractivity contribution is 9.10. The van der Waals surface area contributed by atoms with E-state index < -0.39 is 23.8 Å². The Morgan fingerprint density at radius 1 is 1.27 bits per heavy atom. The topological polar surface area (TPSA) is 74.0 Å². The monoisotopic (exact) mass is 599 g/mol. The minimum absolute atomic E-state index is 0.0751. The lowest BCUT2D eigenvalue weighted by Crippen LogP contribution is -2.44. The zero-order valence-electron chi connectivity index (χ0n) is 20.5. The lowest BCUT2D eigenvalue weighted by atomic mass is 9.95. The number of rotatable bonds is 6. The third-order valence-electron chi connectivity index (χ3n) is 6.77. The Bertz CT molecular complexity index is 1220. The number of pyridine rings is 1. The molecule has 0 bridgehead atoms. The summed E-state index contributed by atoms with van der Waals surface area (Å²) in [7, 11) is 1.56. The van der Waals surface area contributed by atoms with Crippen LogP contribution in [0.15, 0.2) is 40.0 Å². The maximum atomic E-state index is 13.5. The Kier molecular flexibility index (Phi) is 8.09. The van der Waals surface area contributed by atoms with Gasteiger partial charge in [0.1, 0.15) is 17.6 Å². The number of hydrogen-bond donors (Lipinski definition) is 0. The summed E-state index contributed by atoms with van der Waals surface area (Å²) in [5.74, 6) is 0.315. The van der Waals surface area contributed by atoms with E-state index >= 15 is 0 Å². The molecule has 0 N–H and O–H groups in total. The molecular weight excluding hydrogens is 575 g/mol. The number of methoxy groups -OCH3 is 1. The van der Waals surface area contributed by atoms with Crippen LogP contribution < -0.4 is 19.4 Å². The van der Waals surface area contributed by atoms with Gasteiger partial charge in [-0.05, 0) is 34.1 Å². The summed E-state index contributed by atoms with van der Waals surface area (Å²) in [6, 6.07) is 8.16. The van der Waals surface area contributed by atoms with Crippen LogP contribution in [-0.4, -0.2) is 49.2 Å². The van der Waals surface area contributed by atoms with Crippen LogP contribution in [0.3, 0.4) is 0 Å². The zero-order chi connectivity index (χ0) is 26.9. The largest absolute Gasteiger partial charge is 0.489 e. The second-order valence-corrected chi connectivity index (χ2v) is 10.5. The van der Waals surface area contributed by atoms with E-state index in [1.54, 1.807) is 31.5 Å². The van der Waals surface area contributed by atoms with Gasteiger partial charge >= 0.3 is 6.18 Å². The molecule has 1 aromatic heterocycles. The van der Waals surface area contributed by atoms with Crippen molar-refractivity contribution in [2.24, 2.45) is 16.9 Å². The Labute approximate surface area is 226 Å².